The van der Waals surface area contributed by atoms with Gasteiger partial charge in [0.1, 0.15) is 0 Å². The third kappa shape index (κ3) is 3.55. The van der Waals surface area contributed by atoms with Crippen molar-refractivity contribution in [2.45, 2.75) is 19.5 Å². The first kappa shape index (κ1) is 13.5. The molecule has 1 fully saturated rings. The van der Waals surface area contributed by atoms with Crippen molar-refractivity contribution >= 4 is 0 Å². The Morgan fingerprint density at radius 1 is 1.28 bits per heavy atom. The summed E-state index contributed by atoms with van der Waals surface area (Å²) in [6.07, 6.45) is 0. The van der Waals surface area contributed by atoms with Crippen LogP contribution in [-0.2, 0) is 11.3 Å². The maximum atomic E-state index is 5.54. The topological polar surface area (TPSA) is 24.5 Å². The highest BCUT2D eigenvalue weighted by Gasteiger charge is 2.27. The van der Waals surface area contributed by atoms with Gasteiger partial charge >= 0.3 is 0 Å². The van der Waals surface area contributed by atoms with E-state index in [1.807, 2.05) is 7.05 Å². The molecule has 0 amide bonds. The van der Waals surface area contributed by atoms with Gasteiger partial charge in [0.2, 0.25) is 0 Å². The van der Waals surface area contributed by atoms with E-state index in [-0.39, 0.29) is 0 Å². The van der Waals surface area contributed by atoms with Crippen LogP contribution in [0.1, 0.15) is 11.1 Å². The monoisotopic (exact) mass is 248 g/mol. The first-order valence-corrected chi connectivity index (χ1v) is 6.68. The van der Waals surface area contributed by atoms with Crippen molar-refractivity contribution in [3.63, 3.8) is 0 Å². The summed E-state index contributed by atoms with van der Waals surface area (Å²) in [5, 5.41) is 3.34. The molecule has 0 bridgehead atoms. The van der Waals surface area contributed by atoms with Gasteiger partial charge in [0.05, 0.1) is 13.2 Å². The van der Waals surface area contributed by atoms with Gasteiger partial charge in [-0.2, -0.15) is 0 Å². The highest BCUT2D eigenvalue weighted by molar-refractivity contribution is 5.21. The van der Waals surface area contributed by atoms with Crippen molar-refractivity contribution in [1.29, 1.82) is 0 Å². The molecule has 1 heterocycles. The largest absolute Gasteiger partial charge is 0.379 e. The fourth-order valence-electron chi connectivity index (χ4n) is 2.57. The summed E-state index contributed by atoms with van der Waals surface area (Å²) >= 11 is 0. The minimum Gasteiger partial charge on any atom is -0.379 e. The molecule has 2 atom stereocenters. The smallest absolute Gasteiger partial charge is 0.0623 e. The second-order valence-corrected chi connectivity index (χ2v) is 5.38. The van der Waals surface area contributed by atoms with E-state index in [2.05, 4.69) is 48.5 Å². The van der Waals surface area contributed by atoms with Crippen LogP contribution in [0.5, 0.6) is 0 Å². The maximum Gasteiger partial charge on any atom is 0.0623 e. The maximum absolute atomic E-state index is 5.54. The molecule has 0 saturated carbocycles. The standard InChI is InChI=1S/C15H24N2O/c1-12-4-6-13(7-5-12)8-17(3)9-14-10-18-11-15(14)16-2/h4-7,14-16H,8-11H2,1-3H3. The number of hydrogen-bond donors (Lipinski definition) is 1. The molecule has 1 saturated heterocycles. The fraction of sp³-hybridized carbons (Fsp3) is 0.600. The molecule has 2 rings (SSSR count). The Labute approximate surface area is 110 Å². The van der Waals surface area contributed by atoms with Gasteiger partial charge in [-0.15, -0.1) is 0 Å². The number of benzene rings is 1. The lowest BCUT2D eigenvalue weighted by Gasteiger charge is -2.24. The predicted molar refractivity (Wildman–Crippen MR) is 74.7 cm³/mol. The van der Waals surface area contributed by atoms with Crippen LogP contribution in [0, 0.1) is 12.8 Å². The minimum atomic E-state index is 0.505. The lowest BCUT2D eigenvalue weighted by Crippen LogP contribution is -2.38. The zero-order valence-corrected chi connectivity index (χ0v) is 11.6. The number of hydrogen-bond acceptors (Lipinski definition) is 3. The number of likely N-dealkylation sites (N-methyl/N-ethyl adjacent to an activating group) is 1. The van der Waals surface area contributed by atoms with Crippen LogP contribution in [0.15, 0.2) is 24.3 Å². The van der Waals surface area contributed by atoms with E-state index in [1.165, 1.54) is 11.1 Å². The summed E-state index contributed by atoms with van der Waals surface area (Å²) in [7, 11) is 4.21. The Bertz CT molecular complexity index is 363. The van der Waals surface area contributed by atoms with Crippen LogP contribution >= 0.6 is 0 Å². The van der Waals surface area contributed by atoms with Gasteiger partial charge in [-0.3, -0.25) is 0 Å². The predicted octanol–water partition coefficient (Wildman–Crippen LogP) is 1.66. The van der Waals surface area contributed by atoms with Crippen molar-refractivity contribution in [1.82, 2.24) is 10.2 Å². The zero-order chi connectivity index (χ0) is 13.0. The zero-order valence-electron chi connectivity index (χ0n) is 11.6. The van der Waals surface area contributed by atoms with Gasteiger partial charge in [-0.05, 0) is 26.6 Å². The first-order chi connectivity index (χ1) is 8.69. The molecule has 1 aromatic carbocycles. The minimum absolute atomic E-state index is 0.505. The van der Waals surface area contributed by atoms with E-state index in [9.17, 15) is 0 Å². The van der Waals surface area contributed by atoms with E-state index >= 15 is 0 Å². The second kappa shape index (κ2) is 6.32. The summed E-state index contributed by atoms with van der Waals surface area (Å²) < 4.78 is 5.54. The lowest BCUT2D eigenvalue weighted by atomic mass is 10.0. The number of aryl methyl sites for hydroxylation is 1. The summed E-state index contributed by atoms with van der Waals surface area (Å²) in [6, 6.07) is 9.29. The van der Waals surface area contributed by atoms with Crippen molar-refractivity contribution < 1.29 is 4.74 Å². The van der Waals surface area contributed by atoms with Crippen molar-refractivity contribution in [3.8, 4) is 0 Å². The molecule has 1 aliphatic heterocycles. The second-order valence-electron chi connectivity index (χ2n) is 5.38. The van der Waals surface area contributed by atoms with E-state index < -0.39 is 0 Å². The molecule has 1 N–H and O–H groups in total. The molecule has 0 aromatic heterocycles. The summed E-state index contributed by atoms with van der Waals surface area (Å²) in [4.78, 5) is 2.38. The molecule has 0 radical (unpaired) electrons. The van der Waals surface area contributed by atoms with E-state index in [0.717, 1.165) is 26.3 Å². The summed E-state index contributed by atoms with van der Waals surface area (Å²) in [6.45, 7) is 5.94. The normalized spacial score (nSPS) is 23.8. The van der Waals surface area contributed by atoms with Gasteiger partial charge in [-0.25, -0.2) is 0 Å². The highest BCUT2D eigenvalue weighted by Crippen LogP contribution is 2.15. The molecule has 0 aliphatic carbocycles. The number of nitrogens with zero attached hydrogens (tertiary/aromatic N) is 1. The van der Waals surface area contributed by atoms with Gasteiger partial charge in [0.25, 0.3) is 0 Å². The highest BCUT2D eigenvalue weighted by atomic mass is 16.5. The Kier molecular flexibility index (Phi) is 4.75. The molecule has 2 unspecified atom stereocenters. The Morgan fingerprint density at radius 2 is 2.00 bits per heavy atom. The number of nitrogens with one attached hydrogen (secondary N) is 1. The van der Waals surface area contributed by atoms with E-state index in [1.54, 1.807) is 0 Å². The molecule has 3 nitrogen and oxygen atoms in total. The molecule has 100 valence electrons. The molecule has 1 aromatic rings. The lowest BCUT2D eigenvalue weighted by molar-refractivity contribution is 0.172. The van der Waals surface area contributed by atoms with Crippen LogP contribution in [0.3, 0.4) is 0 Å². The molecule has 0 spiro atoms. The van der Waals surface area contributed by atoms with Crippen LogP contribution in [0.4, 0.5) is 0 Å². The van der Waals surface area contributed by atoms with Gasteiger partial charge in [0, 0.05) is 25.0 Å². The van der Waals surface area contributed by atoms with Crippen LogP contribution < -0.4 is 5.32 Å². The SMILES string of the molecule is CNC1COCC1CN(C)Cc1ccc(C)cc1. The molecule has 18 heavy (non-hydrogen) atoms. The Balaban J connectivity index is 1.84. The fourth-order valence-corrected chi connectivity index (χ4v) is 2.57. The van der Waals surface area contributed by atoms with E-state index in [0.29, 0.717) is 12.0 Å². The molecule has 3 heteroatoms. The summed E-state index contributed by atoms with van der Waals surface area (Å²) in [5.41, 5.74) is 2.70. The third-order valence-corrected chi connectivity index (χ3v) is 3.69. The van der Waals surface area contributed by atoms with Gasteiger partial charge in [0.15, 0.2) is 0 Å². The first-order valence-electron chi connectivity index (χ1n) is 6.68. The van der Waals surface area contributed by atoms with Gasteiger partial charge in [-0.1, -0.05) is 29.8 Å². The van der Waals surface area contributed by atoms with Crippen molar-refractivity contribution in [2.24, 2.45) is 5.92 Å². The quantitative estimate of drug-likeness (QED) is 0.857. The van der Waals surface area contributed by atoms with E-state index in [4.69, 9.17) is 4.74 Å². The average Bonchev–Trinajstić information content (AvgIpc) is 2.79. The van der Waals surface area contributed by atoms with Crippen molar-refractivity contribution in [3.05, 3.63) is 35.4 Å². The van der Waals surface area contributed by atoms with Crippen LogP contribution in [-0.4, -0.2) is 44.8 Å². The van der Waals surface area contributed by atoms with Crippen LogP contribution in [0.25, 0.3) is 0 Å². The number of ether oxygens (including phenoxy) is 1. The Morgan fingerprint density at radius 3 is 2.67 bits per heavy atom. The van der Waals surface area contributed by atoms with Gasteiger partial charge < -0.3 is 15.0 Å². The Hall–Kier alpha value is -0.900. The number of rotatable bonds is 5. The molecular weight excluding hydrogens is 224 g/mol. The average molecular weight is 248 g/mol. The molecule has 1 aliphatic rings. The van der Waals surface area contributed by atoms with Crippen LogP contribution in [0.2, 0.25) is 0 Å². The molecular formula is C15H24N2O. The summed E-state index contributed by atoms with van der Waals surface area (Å²) in [5.74, 6) is 0.602. The van der Waals surface area contributed by atoms with Crippen molar-refractivity contribution in [2.75, 3.05) is 33.9 Å². The third-order valence-electron chi connectivity index (χ3n) is 3.69.